The number of nitrogens with one attached hydrogen (secondary N) is 1. The molecular weight excluding hydrogens is 278 g/mol. The van der Waals surface area contributed by atoms with E-state index in [4.69, 9.17) is 9.26 Å². The summed E-state index contributed by atoms with van der Waals surface area (Å²) in [5, 5.41) is 7.75. The first kappa shape index (κ1) is 15.1. The van der Waals surface area contributed by atoms with Crippen molar-refractivity contribution in [1.82, 2.24) is 10.5 Å². The molecule has 1 aromatic heterocycles. The van der Waals surface area contributed by atoms with E-state index in [9.17, 15) is 0 Å². The maximum atomic E-state index is 5.70. The van der Waals surface area contributed by atoms with E-state index in [-0.39, 0.29) is 0 Å². The molecule has 0 bridgehead atoms. The molecule has 1 aliphatic rings. The van der Waals surface area contributed by atoms with Crippen molar-refractivity contribution in [2.75, 3.05) is 38.3 Å². The van der Waals surface area contributed by atoms with Crippen LogP contribution in [0.3, 0.4) is 0 Å². The summed E-state index contributed by atoms with van der Waals surface area (Å²) >= 11 is 0. The summed E-state index contributed by atoms with van der Waals surface area (Å²) < 4.78 is 10.8. The van der Waals surface area contributed by atoms with Crippen molar-refractivity contribution in [3.05, 3.63) is 35.9 Å². The maximum Gasteiger partial charge on any atom is 0.232 e. The summed E-state index contributed by atoms with van der Waals surface area (Å²) in [6, 6.07) is 10.2. The molecule has 1 aromatic carbocycles. The molecule has 3 rings (SSSR count). The molecule has 22 heavy (non-hydrogen) atoms. The number of hydrogen-bond donors (Lipinski definition) is 1. The predicted molar refractivity (Wildman–Crippen MR) is 87.0 cm³/mol. The first-order valence-electron chi connectivity index (χ1n) is 7.88. The summed E-state index contributed by atoms with van der Waals surface area (Å²) in [5.41, 5.74) is 3.18. The van der Waals surface area contributed by atoms with Crippen molar-refractivity contribution in [3.63, 3.8) is 0 Å². The quantitative estimate of drug-likeness (QED) is 0.797. The standard InChI is InChI=1S/C17H23N3O2/c1-21-12-9-18-13-15-16(14-7-3-2-4-8-14)19-22-17(15)20-10-5-6-11-20/h2-4,7-8,18H,5-6,9-13H2,1H3. The summed E-state index contributed by atoms with van der Waals surface area (Å²) in [5.74, 6) is 0.918. The Labute approximate surface area is 131 Å². The molecule has 0 radical (unpaired) electrons. The van der Waals surface area contributed by atoms with Crippen LogP contribution in [0.5, 0.6) is 0 Å². The Morgan fingerprint density at radius 3 is 2.73 bits per heavy atom. The fraction of sp³-hybridized carbons (Fsp3) is 0.471. The minimum Gasteiger partial charge on any atom is -0.383 e. The molecule has 0 spiro atoms. The second-order valence-corrected chi connectivity index (χ2v) is 5.54. The van der Waals surface area contributed by atoms with Gasteiger partial charge in [-0.1, -0.05) is 35.5 Å². The minimum absolute atomic E-state index is 0.699. The molecule has 5 nitrogen and oxygen atoms in total. The van der Waals surface area contributed by atoms with Gasteiger partial charge < -0.3 is 19.5 Å². The van der Waals surface area contributed by atoms with Gasteiger partial charge in [0.1, 0.15) is 5.69 Å². The number of rotatable bonds is 7. The summed E-state index contributed by atoms with van der Waals surface area (Å²) in [6.07, 6.45) is 2.44. The predicted octanol–water partition coefficient (Wildman–Crippen LogP) is 2.68. The molecule has 1 fully saturated rings. The highest BCUT2D eigenvalue weighted by molar-refractivity contribution is 5.68. The van der Waals surface area contributed by atoms with Crippen LogP contribution in [0, 0.1) is 0 Å². The van der Waals surface area contributed by atoms with Crippen molar-refractivity contribution < 1.29 is 9.26 Å². The van der Waals surface area contributed by atoms with Gasteiger partial charge in [-0.25, -0.2) is 0 Å². The molecule has 0 atom stereocenters. The van der Waals surface area contributed by atoms with E-state index in [1.807, 2.05) is 18.2 Å². The lowest BCUT2D eigenvalue weighted by atomic mass is 10.1. The first-order chi connectivity index (χ1) is 10.9. The highest BCUT2D eigenvalue weighted by Gasteiger charge is 2.24. The van der Waals surface area contributed by atoms with E-state index in [1.54, 1.807) is 7.11 Å². The molecule has 2 aromatic rings. The number of nitrogens with zero attached hydrogens (tertiary/aromatic N) is 2. The van der Waals surface area contributed by atoms with Crippen molar-refractivity contribution in [3.8, 4) is 11.3 Å². The maximum absolute atomic E-state index is 5.70. The van der Waals surface area contributed by atoms with Crippen LogP contribution < -0.4 is 10.2 Å². The van der Waals surface area contributed by atoms with E-state index >= 15 is 0 Å². The zero-order chi connectivity index (χ0) is 15.2. The Hall–Kier alpha value is -1.85. The lowest BCUT2D eigenvalue weighted by Crippen LogP contribution is -2.22. The summed E-state index contributed by atoms with van der Waals surface area (Å²) in [6.45, 7) is 4.35. The van der Waals surface area contributed by atoms with Gasteiger partial charge in [-0.05, 0) is 12.8 Å². The summed E-state index contributed by atoms with van der Waals surface area (Å²) in [4.78, 5) is 2.30. The average molecular weight is 301 g/mol. The van der Waals surface area contributed by atoms with E-state index < -0.39 is 0 Å². The molecule has 1 saturated heterocycles. The molecule has 1 N–H and O–H groups in total. The number of methoxy groups -OCH3 is 1. The van der Waals surface area contributed by atoms with Crippen LogP contribution in [-0.2, 0) is 11.3 Å². The average Bonchev–Trinajstić information content (AvgIpc) is 3.21. The fourth-order valence-electron chi connectivity index (χ4n) is 2.84. The summed E-state index contributed by atoms with van der Waals surface area (Å²) in [7, 11) is 1.71. The smallest absolute Gasteiger partial charge is 0.232 e. The third-order valence-electron chi connectivity index (χ3n) is 3.99. The number of hydrogen-bond acceptors (Lipinski definition) is 5. The van der Waals surface area contributed by atoms with Gasteiger partial charge in [-0.15, -0.1) is 0 Å². The Morgan fingerprint density at radius 2 is 2.00 bits per heavy atom. The second kappa shape index (κ2) is 7.42. The Balaban J connectivity index is 1.85. The topological polar surface area (TPSA) is 50.5 Å². The lowest BCUT2D eigenvalue weighted by molar-refractivity contribution is 0.199. The van der Waals surface area contributed by atoms with Gasteiger partial charge >= 0.3 is 0 Å². The molecule has 5 heteroatoms. The molecule has 118 valence electrons. The van der Waals surface area contributed by atoms with Gasteiger partial charge in [0.25, 0.3) is 0 Å². The van der Waals surface area contributed by atoms with Crippen LogP contribution in [0.15, 0.2) is 34.9 Å². The highest BCUT2D eigenvalue weighted by atomic mass is 16.5. The van der Waals surface area contributed by atoms with Gasteiger partial charge in [0.05, 0.1) is 12.2 Å². The highest BCUT2D eigenvalue weighted by Crippen LogP contribution is 2.32. The van der Waals surface area contributed by atoms with E-state index in [0.29, 0.717) is 6.61 Å². The van der Waals surface area contributed by atoms with Crippen molar-refractivity contribution in [2.45, 2.75) is 19.4 Å². The third kappa shape index (κ3) is 3.31. The van der Waals surface area contributed by atoms with Crippen LogP contribution in [-0.4, -0.2) is 38.5 Å². The van der Waals surface area contributed by atoms with Gasteiger partial charge in [0.2, 0.25) is 5.88 Å². The molecular formula is C17H23N3O2. The fourth-order valence-corrected chi connectivity index (χ4v) is 2.84. The van der Waals surface area contributed by atoms with Gasteiger partial charge in [0, 0.05) is 38.9 Å². The minimum atomic E-state index is 0.699. The monoisotopic (exact) mass is 301 g/mol. The SMILES string of the molecule is COCCNCc1c(-c2ccccc2)noc1N1CCCC1. The van der Waals surface area contributed by atoms with Crippen LogP contribution in [0.4, 0.5) is 5.88 Å². The second-order valence-electron chi connectivity index (χ2n) is 5.54. The number of benzene rings is 1. The largest absolute Gasteiger partial charge is 0.383 e. The Bertz CT molecular complexity index is 577. The number of ether oxygens (including phenoxy) is 1. The lowest BCUT2D eigenvalue weighted by Gasteiger charge is -2.15. The molecule has 1 aliphatic heterocycles. The van der Waals surface area contributed by atoms with E-state index in [1.165, 1.54) is 12.8 Å². The van der Waals surface area contributed by atoms with Gasteiger partial charge in [-0.3, -0.25) is 0 Å². The van der Waals surface area contributed by atoms with Gasteiger partial charge in [-0.2, -0.15) is 0 Å². The van der Waals surface area contributed by atoms with Crippen molar-refractivity contribution in [1.29, 1.82) is 0 Å². The van der Waals surface area contributed by atoms with Crippen LogP contribution >= 0.6 is 0 Å². The third-order valence-corrected chi connectivity index (χ3v) is 3.99. The van der Waals surface area contributed by atoms with Crippen molar-refractivity contribution >= 4 is 5.88 Å². The van der Waals surface area contributed by atoms with E-state index in [2.05, 4.69) is 27.5 Å². The van der Waals surface area contributed by atoms with Gasteiger partial charge in [0.15, 0.2) is 0 Å². The zero-order valence-corrected chi connectivity index (χ0v) is 13.0. The molecule has 0 amide bonds. The van der Waals surface area contributed by atoms with Crippen LogP contribution in [0.2, 0.25) is 0 Å². The molecule has 0 saturated carbocycles. The van der Waals surface area contributed by atoms with Crippen LogP contribution in [0.1, 0.15) is 18.4 Å². The van der Waals surface area contributed by atoms with E-state index in [0.717, 1.165) is 48.9 Å². The normalized spacial score (nSPS) is 14.7. The molecule has 0 unspecified atom stereocenters. The first-order valence-corrected chi connectivity index (χ1v) is 7.88. The Morgan fingerprint density at radius 1 is 1.23 bits per heavy atom. The van der Waals surface area contributed by atoms with Crippen LogP contribution in [0.25, 0.3) is 11.3 Å². The number of anilines is 1. The number of aromatic nitrogens is 1. The molecule has 2 heterocycles. The van der Waals surface area contributed by atoms with Crippen molar-refractivity contribution in [2.24, 2.45) is 0 Å². The Kier molecular flexibility index (Phi) is 5.08. The zero-order valence-electron chi connectivity index (χ0n) is 13.0. The molecule has 0 aliphatic carbocycles.